The van der Waals surface area contributed by atoms with Gasteiger partial charge in [0.1, 0.15) is 13.2 Å². The summed E-state index contributed by atoms with van der Waals surface area (Å²) in [7, 11) is 1.53. The van der Waals surface area contributed by atoms with Crippen molar-refractivity contribution in [3.8, 4) is 0 Å². The summed E-state index contributed by atoms with van der Waals surface area (Å²) in [6, 6.07) is -0.868. The van der Waals surface area contributed by atoms with E-state index in [2.05, 4.69) is 141 Å². The number of hydrogen-bond acceptors (Lipinski definition) is 5. The van der Waals surface area contributed by atoms with Crippen LogP contribution in [-0.2, 0) is 18.4 Å². The predicted molar refractivity (Wildman–Crippen MR) is 304 cm³/mol. The van der Waals surface area contributed by atoms with Crippen LogP contribution < -0.4 is 5.32 Å². The molecule has 0 saturated heterocycles. The lowest BCUT2D eigenvalue weighted by Gasteiger charge is -2.25. The van der Waals surface area contributed by atoms with E-state index in [0.29, 0.717) is 17.4 Å². The molecule has 0 rings (SSSR count). The molecule has 0 radical (unpaired) electrons. The third kappa shape index (κ3) is 52.5. The molecule has 0 aromatic rings. The number of aliphatic hydroxyl groups excluding tert-OH is 1. The molecule has 0 aromatic heterocycles. The van der Waals surface area contributed by atoms with Crippen molar-refractivity contribution < 1.29 is 32.9 Å². The summed E-state index contributed by atoms with van der Waals surface area (Å²) in [6.45, 7) is 4.54. The van der Waals surface area contributed by atoms with Crippen LogP contribution in [-0.4, -0.2) is 73.4 Å². The number of amides is 1. The van der Waals surface area contributed by atoms with E-state index in [4.69, 9.17) is 9.05 Å². The van der Waals surface area contributed by atoms with Crippen molar-refractivity contribution in [1.82, 2.24) is 5.32 Å². The quantitative estimate of drug-likeness (QED) is 0.0243. The third-order valence-corrected chi connectivity index (χ3v) is 12.3. The minimum absolute atomic E-state index is 0.0498. The van der Waals surface area contributed by atoms with Crippen LogP contribution in [0.1, 0.15) is 194 Å². The van der Waals surface area contributed by atoms with Crippen molar-refractivity contribution in [3.05, 3.63) is 134 Å². The average Bonchev–Trinajstić information content (AvgIpc) is 3.32. The van der Waals surface area contributed by atoms with E-state index in [-0.39, 0.29) is 19.1 Å². The van der Waals surface area contributed by atoms with Crippen LogP contribution in [0.25, 0.3) is 0 Å². The molecule has 0 heterocycles. The van der Waals surface area contributed by atoms with Crippen LogP contribution >= 0.6 is 7.82 Å². The van der Waals surface area contributed by atoms with E-state index in [1.54, 1.807) is 6.08 Å². The average molecular weight is 992 g/mol. The van der Waals surface area contributed by atoms with Crippen LogP contribution in [0.4, 0.5) is 0 Å². The first-order valence-electron chi connectivity index (χ1n) is 27.6. The van der Waals surface area contributed by atoms with Gasteiger partial charge in [0, 0.05) is 6.42 Å². The van der Waals surface area contributed by atoms with E-state index < -0.39 is 20.0 Å². The first-order valence-corrected chi connectivity index (χ1v) is 29.1. The molecule has 0 aliphatic rings. The second kappa shape index (κ2) is 50.6. The maximum Gasteiger partial charge on any atom is 0.472 e. The zero-order chi connectivity index (χ0) is 51.3. The lowest BCUT2D eigenvalue weighted by atomic mass is 10.0. The molecule has 3 unspecified atom stereocenters. The predicted octanol–water partition coefficient (Wildman–Crippen LogP) is 16.8. The van der Waals surface area contributed by atoms with Gasteiger partial charge in [-0.25, -0.2) is 4.57 Å². The highest BCUT2D eigenvalue weighted by Gasteiger charge is 2.27. The molecule has 3 N–H and O–H groups in total. The molecule has 0 aliphatic heterocycles. The summed E-state index contributed by atoms with van der Waals surface area (Å²) in [5, 5.41) is 13.7. The standard InChI is InChI=1S/C61H103N2O6P/c1-6-8-10-12-14-15-16-17-18-19-20-21-22-23-24-25-26-27-28-29-30-31-32-33-34-35-36-37-38-39-40-41-42-43-44-45-46-47-49-51-53-55-61(65)62-59(60(64)54-52-50-48-13-11-9-7-2)58-69-70(66,67)68-57-56-63(3,4)5/h8,10-11,13-15,17-18,20-21,23-24,26-27,29-30,32-33,35-36,52,54,59-60,64H,6-7,9,12,16,19,22,25,28,31,34,37-51,53,55-58H2,1-5H3,(H-,62,65,66,67)/p+1/b10-8-,13-11+,15-14-,18-17-,21-20-,24-23-,27-26-,30-29-,33-32-,36-35-,54-52+. The number of aliphatic hydroxyl groups is 1. The Bertz CT molecular complexity index is 1590. The Morgan fingerprint density at radius 2 is 0.871 bits per heavy atom. The van der Waals surface area contributed by atoms with E-state index in [1.165, 1.54) is 70.6 Å². The Morgan fingerprint density at radius 3 is 1.30 bits per heavy atom. The fourth-order valence-electron chi connectivity index (χ4n) is 7.06. The monoisotopic (exact) mass is 992 g/mol. The molecule has 0 bridgehead atoms. The zero-order valence-electron chi connectivity index (χ0n) is 45.2. The summed E-state index contributed by atoms with van der Waals surface area (Å²) in [4.78, 5) is 23.1. The Labute approximate surface area is 430 Å². The van der Waals surface area contributed by atoms with E-state index >= 15 is 0 Å². The van der Waals surface area contributed by atoms with Crippen molar-refractivity contribution in [3.63, 3.8) is 0 Å². The molecule has 70 heavy (non-hydrogen) atoms. The first kappa shape index (κ1) is 66.6. The van der Waals surface area contributed by atoms with Crippen molar-refractivity contribution in [2.75, 3.05) is 40.9 Å². The van der Waals surface area contributed by atoms with Crippen molar-refractivity contribution in [2.45, 2.75) is 206 Å². The fourth-order valence-corrected chi connectivity index (χ4v) is 7.79. The lowest BCUT2D eigenvalue weighted by molar-refractivity contribution is -0.870. The van der Waals surface area contributed by atoms with Crippen LogP contribution in [0.15, 0.2) is 134 Å². The highest BCUT2D eigenvalue weighted by atomic mass is 31.2. The smallest absolute Gasteiger partial charge is 0.387 e. The molecule has 0 saturated carbocycles. The number of nitrogens with one attached hydrogen (secondary N) is 1. The number of phosphoric ester groups is 1. The van der Waals surface area contributed by atoms with Crippen molar-refractivity contribution in [2.24, 2.45) is 0 Å². The number of rotatable bonds is 48. The van der Waals surface area contributed by atoms with E-state index in [0.717, 1.165) is 103 Å². The summed E-state index contributed by atoms with van der Waals surface area (Å²) < 4.78 is 23.5. The molecular weight excluding hydrogens is 888 g/mol. The SMILES string of the molecule is CC/C=C\C/C=C\C/C=C\C/C=C\C/C=C\C/C=C\C/C=C\C/C=C\C/C=C\CCCCCCCCCCCCCCCC(=O)NC(COP(=O)(O)OCC[N+](C)(C)C)C(O)/C=C/CC/C=C/CCC. The number of allylic oxidation sites excluding steroid dienone is 21. The van der Waals surface area contributed by atoms with Crippen LogP contribution in [0, 0.1) is 0 Å². The summed E-state index contributed by atoms with van der Waals surface area (Å²) >= 11 is 0. The van der Waals surface area contributed by atoms with E-state index in [1.807, 2.05) is 27.2 Å². The second-order valence-corrected chi connectivity index (χ2v) is 20.7. The molecule has 398 valence electrons. The van der Waals surface area contributed by atoms with Gasteiger partial charge in [0.2, 0.25) is 5.91 Å². The molecule has 8 nitrogen and oxygen atoms in total. The Balaban J connectivity index is 3.93. The number of likely N-dealkylation sites (N-methyl/N-ethyl adjacent to an activating group) is 1. The molecule has 0 fully saturated rings. The normalized spacial score (nSPS) is 15.0. The van der Waals surface area contributed by atoms with Gasteiger partial charge in [-0.05, 0) is 96.3 Å². The fraction of sp³-hybridized carbons (Fsp3) is 0.623. The summed E-state index contributed by atoms with van der Waals surface area (Å²) in [5.74, 6) is -0.199. The Morgan fingerprint density at radius 1 is 0.500 bits per heavy atom. The van der Waals surface area contributed by atoms with Gasteiger partial charge in [-0.15, -0.1) is 0 Å². The molecule has 0 spiro atoms. The van der Waals surface area contributed by atoms with Gasteiger partial charge in [0.25, 0.3) is 0 Å². The maximum atomic E-state index is 12.8. The third-order valence-electron chi connectivity index (χ3n) is 11.3. The summed E-state index contributed by atoms with van der Waals surface area (Å²) in [6.07, 6.45) is 77.4. The summed E-state index contributed by atoms with van der Waals surface area (Å²) in [5.41, 5.74) is 0. The highest BCUT2D eigenvalue weighted by Crippen LogP contribution is 2.43. The van der Waals surface area contributed by atoms with Gasteiger partial charge in [-0.3, -0.25) is 13.8 Å². The Hall–Kier alpha value is -3.36. The molecular formula is C61H104N2O6P+. The number of quaternary nitrogens is 1. The first-order chi connectivity index (χ1) is 34.0. The minimum Gasteiger partial charge on any atom is -0.387 e. The second-order valence-electron chi connectivity index (χ2n) is 19.2. The zero-order valence-corrected chi connectivity index (χ0v) is 46.1. The molecule has 9 heteroatoms. The largest absolute Gasteiger partial charge is 0.472 e. The number of hydrogen-bond donors (Lipinski definition) is 3. The van der Waals surface area contributed by atoms with Gasteiger partial charge in [-0.1, -0.05) is 225 Å². The maximum absolute atomic E-state index is 12.8. The molecule has 3 atom stereocenters. The lowest BCUT2D eigenvalue weighted by Crippen LogP contribution is -2.45. The molecule has 0 aromatic carbocycles. The minimum atomic E-state index is -4.35. The Kier molecular flexibility index (Phi) is 48.1. The van der Waals surface area contributed by atoms with Crippen molar-refractivity contribution in [1.29, 1.82) is 0 Å². The molecule has 0 aliphatic carbocycles. The number of carbonyl (C=O) groups is 1. The van der Waals surface area contributed by atoms with Crippen molar-refractivity contribution >= 4 is 13.7 Å². The number of nitrogens with zero attached hydrogens (tertiary/aromatic N) is 1. The van der Waals surface area contributed by atoms with Crippen LogP contribution in [0.2, 0.25) is 0 Å². The van der Waals surface area contributed by atoms with E-state index in [9.17, 15) is 19.4 Å². The number of phosphoric acid groups is 1. The number of unbranched alkanes of at least 4 members (excludes halogenated alkanes) is 15. The van der Waals surface area contributed by atoms with Crippen LogP contribution in [0.3, 0.4) is 0 Å². The number of carbonyl (C=O) groups excluding carboxylic acids is 1. The highest BCUT2D eigenvalue weighted by molar-refractivity contribution is 7.47. The van der Waals surface area contributed by atoms with Gasteiger partial charge in [0.15, 0.2) is 0 Å². The van der Waals surface area contributed by atoms with Gasteiger partial charge in [0.05, 0.1) is 39.9 Å². The van der Waals surface area contributed by atoms with Gasteiger partial charge < -0.3 is 19.8 Å². The molecule has 1 amide bonds. The van der Waals surface area contributed by atoms with Gasteiger partial charge in [-0.2, -0.15) is 0 Å². The van der Waals surface area contributed by atoms with Crippen LogP contribution in [0.5, 0.6) is 0 Å². The topological polar surface area (TPSA) is 105 Å². The van der Waals surface area contributed by atoms with Gasteiger partial charge >= 0.3 is 7.82 Å².